The predicted octanol–water partition coefficient (Wildman–Crippen LogP) is -1.62. The van der Waals surface area contributed by atoms with Crippen molar-refractivity contribution >= 4 is 0 Å². The van der Waals surface area contributed by atoms with Crippen molar-refractivity contribution in [3.05, 3.63) is 0 Å². The summed E-state index contributed by atoms with van der Waals surface area (Å²) in [6.45, 7) is 5.86. The average Bonchev–Trinajstić information content (AvgIpc) is 2.06. The highest BCUT2D eigenvalue weighted by Crippen LogP contribution is 1.95. The normalized spacial score (nSPS) is 21.2. The lowest BCUT2D eigenvalue weighted by molar-refractivity contribution is 0.0893. The van der Waals surface area contributed by atoms with E-state index in [1.54, 1.807) is 0 Å². The van der Waals surface area contributed by atoms with E-state index in [2.05, 4.69) is 15.8 Å². The van der Waals surface area contributed by atoms with Crippen LogP contribution in [0.25, 0.3) is 0 Å². The van der Waals surface area contributed by atoms with Crippen LogP contribution < -0.4 is 22.2 Å². The zero-order chi connectivity index (χ0) is 9.03. The van der Waals surface area contributed by atoms with Crippen molar-refractivity contribution in [1.82, 2.24) is 15.8 Å². The Balaban J connectivity index is 2.28. The summed E-state index contributed by atoms with van der Waals surface area (Å²) in [7, 11) is 0. The van der Waals surface area contributed by atoms with Gasteiger partial charge in [-0.1, -0.05) is 6.92 Å². The Morgan fingerprint density at radius 2 is 2.00 bits per heavy atom. The lowest BCUT2D eigenvalue weighted by Crippen LogP contribution is -2.68. The van der Waals surface area contributed by atoms with Crippen LogP contribution in [0.4, 0.5) is 0 Å². The van der Waals surface area contributed by atoms with Gasteiger partial charge < -0.3 is 16.8 Å². The third-order valence-corrected chi connectivity index (χ3v) is 2.07. The van der Waals surface area contributed by atoms with Gasteiger partial charge in [-0.15, -0.1) is 0 Å². The molecule has 0 bridgehead atoms. The quantitative estimate of drug-likeness (QED) is 0.386. The molecule has 0 aromatic carbocycles. The highest BCUT2D eigenvalue weighted by molar-refractivity contribution is 4.73. The van der Waals surface area contributed by atoms with Crippen LogP contribution in [0.2, 0.25) is 0 Å². The van der Waals surface area contributed by atoms with E-state index in [1.165, 1.54) is 0 Å². The number of hydrogen-bond acceptors (Lipinski definition) is 5. The molecule has 5 nitrogen and oxygen atoms in total. The molecule has 0 unspecified atom stereocenters. The molecule has 1 heterocycles. The Morgan fingerprint density at radius 1 is 1.42 bits per heavy atom. The van der Waals surface area contributed by atoms with Crippen molar-refractivity contribution in [2.24, 2.45) is 11.5 Å². The molecule has 0 radical (unpaired) electrons. The minimum Gasteiger partial charge on any atom is -0.314 e. The standard InChI is InChI=1S/C7H19N5/c1-2-7(8,9)11-12-5-3-10-4-6-12/h10-11H,2-6,8-9H2,1H3. The van der Waals surface area contributed by atoms with Crippen molar-refractivity contribution in [2.45, 2.75) is 19.1 Å². The number of hydrazine groups is 1. The largest absolute Gasteiger partial charge is 0.314 e. The molecular formula is C7H19N5. The van der Waals surface area contributed by atoms with Crippen LogP contribution in [-0.2, 0) is 0 Å². The molecule has 1 aliphatic heterocycles. The Bertz CT molecular complexity index is 130. The Morgan fingerprint density at radius 3 is 2.50 bits per heavy atom. The molecule has 0 amide bonds. The SMILES string of the molecule is CCC(N)(N)NN1CCNCC1. The van der Waals surface area contributed by atoms with Gasteiger partial charge >= 0.3 is 0 Å². The molecule has 5 heteroatoms. The van der Waals surface area contributed by atoms with Crippen LogP contribution in [0.5, 0.6) is 0 Å². The fraction of sp³-hybridized carbons (Fsp3) is 1.00. The number of rotatable bonds is 3. The van der Waals surface area contributed by atoms with Gasteiger partial charge in [-0.05, 0) is 6.42 Å². The number of hydrogen-bond donors (Lipinski definition) is 4. The summed E-state index contributed by atoms with van der Waals surface area (Å²) in [6, 6.07) is 0. The van der Waals surface area contributed by atoms with E-state index >= 15 is 0 Å². The van der Waals surface area contributed by atoms with E-state index in [1.807, 2.05) is 6.92 Å². The summed E-state index contributed by atoms with van der Waals surface area (Å²) in [5.41, 5.74) is 14.6. The number of piperazine rings is 1. The maximum absolute atomic E-state index is 5.75. The first-order valence-electron chi connectivity index (χ1n) is 4.45. The van der Waals surface area contributed by atoms with Crippen molar-refractivity contribution in [3.63, 3.8) is 0 Å². The zero-order valence-electron chi connectivity index (χ0n) is 7.64. The van der Waals surface area contributed by atoms with Crippen molar-refractivity contribution in [2.75, 3.05) is 26.2 Å². The summed E-state index contributed by atoms with van der Waals surface area (Å²) in [5.74, 6) is -0.753. The molecule has 1 aliphatic rings. The van der Waals surface area contributed by atoms with Crippen LogP contribution >= 0.6 is 0 Å². The highest BCUT2D eigenvalue weighted by atomic mass is 15.6. The number of nitrogens with two attached hydrogens (primary N) is 2. The molecule has 1 rings (SSSR count). The van der Waals surface area contributed by atoms with E-state index in [0.717, 1.165) is 32.6 Å². The van der Waals surface area contributed by atoms with Gasteiger partial charge in [-0.25, -0.2) is 10.4 Å². The Labute approximate surface area is 73.4 Å². The van der Waals surface area contributed by atoms with Gasteiger partial charge in [-0.3, -0.25) is 0 Å². The summed E-state index contributed by atoms with van der Waals surface area (Å²) < 4.78 is 0. The third-order valence-electron chi connectivity index (χ3n) is 2.07. The topological polar surface area (TPSA) is 79.3 Å². The molecule has 12 heavy (non-hydrogen) atoms. The molecule has 0 aromatic rings. The molecule has 1 saturated heterocycles. The van der Waals surface area contributed by atoms with Gasteiger partial charge in [-0.2, -0.15) is 0 Å². The average molecular weight is 173 g/mol. The second-order valence-corrected chi connectivity index (χ2v) is 3.24. The summed E-state index contributed by atoms with van der Waals surface area (Å²) in [4.78, 5) is 0. The molecule has 0 saturated carbocycles. The maximum Gasteiger partial charge on any atom is 0.130 e. The molecule has 0 spiro atoms. The monoisotopic (exact) mass is 173 g/mol. The van der Waals surface area contributed by atoms with Crippen LogP contribution in [-0.4, -0.2) is 37.0 Å². The fourth-order valence-corrected chi connectivity index (χ4v) is 1.15. The predicted molar refractivity (Wildman–Crippen MR) is 49.0 cm³/mol. The Kier molecular flexibility index (Phi) is 3.42. The van der Waals surface area contributed by atoms with Crippen LogP contribution in [0.1, 0.15) is 13.3 Å². The van der Waals surface area contributed by atoms with Gasteiger partial charge in [0.2, 0.25) is 0 Å². The van der Waals surface area contributed by atoms with E-state index in [-0.39, 0.29) is 0 Å². The molecule has 1 fully saturated rings. The van der Waals surface area contributed by atoms with Crippen molar-refractivity contribution < 1.29 is 0 Å². The van der Waals surface area contributed by atoms with E-state index in [9.17, 15) is 0 Å². The molecular weight excluding hydrogens is 154 g/mol. The molecule has 0 atom stereocenters. The zero-order valence-corrected chi connectivity index (χ0v) is 7.64. The third kappa shape index (κ3) is 3.04. The first-order valence-corrected chi connectivity index (χ1v) is 4.45. The second-order valence-electron chi connectivity index (χ2n) is 3.24. The lowest BCUT2D eigenvalue weighted by atomic mass is 10.3. The summed E-state index contributed by atoms with van der Waals surface area (Å²) in [6.07, 6.45) is 0.719. The Hall–Kier alpha value is -0.200. The summed E-state index contributed by atoms with van der Waals surface area (Å²) >= 11 is 0. The van der Waals surface area contributed by atoms with Gasteiger partial charge in [0.15, 0.2) is 0 Å². The molecule has 72 valence electrons. The van der Waals surface area contributed by atoms with E-state index in [0.29, 0.717) is 0 Å². The minimum absolute atomic E-state index is 0.719. The van der Waals surface area contributed by atoms with Crippen LogP contribution in [0.3, 0.4) is 0 Å². The van der Waals surface area contributed by atoms with Gasteiger partial charge in [0.25, 0.3) is 0 Å². The summed E-state index contributed by atoms with van der Waals surface area (Å²) in [5, 5.41) is 5.32. The lowest BCUT2D eigenvalue weighted by Gasteiger charge is -2.35. The fourth-order valence-electron chi connectivity index (χ4n) is 1.15. The first kappa shape index (κ1) is 9.88. The van der Waals surface area contributed by atoms with Crippen LogP contribution in [0.15, 0.2) is 0 Å². The molecule has 0 aromatic heterocycles. The van der Waals surface area contributed by atoms with Crippen molar-refractivity contribution in [3.8, 4) is 0 Å². The maximum atomic E-state index is 5.75. The highest BCUT2D eigenvalue weighted by Gasteiger charge is 2.20. The minimum atomic E-state index is -0.753. The van der Waals surface area contributed by atoms with Crippen molar-refractivity contribution in [1.29, 1.82) is 0 Å². The van der Waals surface area contributed by atoms with Gasteiger partial charge in [0.05, 0.1) is 0 Å². The van der Waals surface area contributed by atoms with E-state index < -0.39 is 5.79 Å². The smallest absolute Gasteiger partial charge is 0.130 e. The van der Waals surface area contributed by atoms with Crippen LogP contribution in [0, 0.1) is 0 Å². The van der Waals surface area contributed by atoms with Gasteiger partial charge in [0.1, 0.15) is 5.79 Å². The number of nitrogens with zero attached hydrogens (tertiary/aromatic N) is 1. The van der Waals surface area contributed by atoms with E-state index in [4.69, 9.17) is 11.5 Å². The second kappa shape index (κ2) is 4.15. The number of nitrogens with one attached hydrogen (secondary N) is 2. The molecule has 6 N–H and O–H groups in total. The molecule has 0 aliphatic carbocycles. The first-order chi connectivity index (χ1) is 5.64. The van der Waals surface area contributed by atoms with Gasteiger partial charge in [0, 0.05) is 26.2 Å².